The molecule has 1 amide bonds. The van der Waals surface area contributed by atoms with Gasteiger partial charge in [-0.1, -0.05) is 58.4 Å². The highest BCUT2D eigenvalue weighted by molar-refractivity contribution is 9.10. The first-order valence-electron chi connectivity index (χ1n) is 8.72. The Morgan fingerprint density at radius 2 is 1.61 bits per heavy atom. The number of amides is 1. The van der Waals surface area contributed by atoms with Crippen molar-refractivity contribution in [3.8, 4) is 11.4 Å². The molecular weight excluding hydrogens is 418 g/mol. The van der Waals surface area contributed by atoms with Crippen molar-refractivity contribution in [1.82, 2.24) is 9.55 Å². The van der Waals surface area contributed by atoms with Crippen molar-refractivity contribution in [3.05, 3.63) is 93.7 Å². The fourth-order valence-corrected chi connectivity index (χ4v) is 3.26. The van der Waals surface area contributed by atoms with Crippen molar-refractivity contribution >= 4 is 38.4 Å². The average molecular weight is 434 g/mol. The summed E-state index contributed by atoms with van der Waals surface area (Å²) < 4.78 is 2.35. The van der Waals surface area contributed by atoms with E-state index in [0.717, 1.165) is 10.0 Å². The normalized spacial score (nSPS) is 10.8. The van der Waals surface area contributed by atoms with Crippen molar-refractivity contribution in [2.75, 3.05) is 5.32 Å². The Morgan fingerprint density at radius 3 is 2.36 bits per heavy atom. The standard InChI is InChI=1S/C22H16BrN3O2/c23-16-10-12-17(13-11-16)24-20(27)14-26-21(15-6-2-1-3-7-15)25-19-9-5-4-8-18(19)22(26)28/h1-13H,14H2,(H,24,27). The van der Waals surface area contributed by atoms with E-state index in [1.54, 1.807) is 30.3 Å². The number of para-hydroxylation sites is 1. The summed E-state index contributed by atoms with van der Waals surface area (Å²) >= 11 is 3.37. The molecule has 0 radical (unpaired) electrons. The van der Waals surface area contributed by atoms with Gasteiger partial charge in [0.2, 0.25) is 5.91 Å². The third-order valence-corrected chi connectivity index (χ3v) is 4.85. The molecule has 0 atom stereocenters. The van der Waals surface area contributed by atoms with Gasteiger partial charge in [0, 0.05) is 15.7 Å². The molecule has 5 nitrogen and oxygen atoms in total. The second kappa shape index (κ2) is 7.78. The lowest BCUT2D eigenvalue weighted by Gasteiger charge is -2.14. The van der Waals surface area contributed by atoms with E-state index in [1.807, 2.05) is 48.5 Å². The highest BCUT2D eigenvalue weighted by Gasteiger charge is 2.15. The first kappa shape index (κ1) is 18.1. The maximum atomic E-state index is 13.1. The van der Waals surface area contributed by atoms with Gasteiger partial charge in [0.05, 0.1) is 10.9 Å². The Labute approximate surface area is 169 Å². The molecule has 4 rings (SSSR count). The summed E-state index contributed by atoms with van der Waals surface area (Å²) in [6.07, 6.45) is 0. The minimum absolute atomic E-state index is 0.128. The molecule has 1 N–H and O–H groups in total. The minimum Gasteiger partial charge on any atom is -0.325 e. The monoisotopic (exact) mass is 433 g/mol. The molecule has 138 valence electrons. The molecule has 4 aromatic rings. The van der Waals surface area contributed by atoms with Crippen molar-refractivity contribution in [2.45, 2.75) is 6.54 Å². The summed E-state index contributed by atoms with van der Waals surface area (Å²) in [5, 5.41) is 3.31. The quantitative estimate of drug-likeness (QED) is 0.516. The number of carbonyl (C=O) groups excluding carboxylic acids is 1. The second-order valence-corrected chi connectivity index (χ2v) is 7.18. The van der Waals surface area contributed by atoms with Gasteiger partial charge in [-0.05, 0) is 36.4 Å². The van der Waals surface area contributed by atoms with Crippen molar-refractivity contribution in [2.24, 2.45) is 0 Å². The number of anilines is 1. The lowest BCUT2D eigenvalue weighted by molar-refractivity contribution is -0.116. The molecule has 0 saturated carbocycles. The van der Waals surface area contributed by atoms with E-state index in [0.29, 0.717) is 22.4 Å². The van der Waals surface area contributed by atoms with Gasteiger partial charge in [-0.2, -0.15) is 0 Å². The summed E-state index contributed by atoms with van der Waals surface area (Å²) in [5.41, 5.74) is 1.81. The molecular formula is C22H16BrN3O2. The van der Waals surface area contributed by atoms with Crippen LogP contribution in [0.2, 0.25) is 0 Å². The Morgan fingerprint density at radius 1 is 0.929 bits per heavy atom. The Hall–Kier alpha value is -3.25. The molecule has 0 aliphatic carbocycles. The summed E-state index contributed by atoms with van der Waals surface area (Å²) in [6.45, 7) is -0.128. The van der Waals surface area contributed by atoms with Crippen LogP contribution < -0.4 is 10.9 Å². The van der Waals surface area contributed by atoms with Crippen molar-refractivity contribution in [1.29, 1.82) is 0 Å². The second-order valence-electron chi connectivity index (χ2n) is 6.26. The van der Waals surface area contributed by atoms with Gasteiger partial charge in [0.1, 0.15) is 12.4 Å². The minimum atomic E-state index is -0.293. The van der Waals surface area contributed by atoms with E-state index in [2.05, 4.69) is 26.2 Å². The van der Waals surface area contributed by atoms with Crippen LogP contribution in [-0.4, -0.2) is 15.5 Å². The van der Waals surface area contributed by atoms with Crippen LogP contribution in [0.4, 0.5) is 5.69 Å². The lowest BCUT2D eigenvalue weighted by Crippen LogP contribution is -2.29. The number of nitrogens with zero attached hydrogens (tertiary/aromatic N) is 2. The average Bonchev–Trinajstić information content (AvgIpc) is 2.72. The van der Waals surface area contributed by atoms with Gasteiger partial charge in [0.15, 0.2) is 0 Å². The predicted octanol–water partition coefficient (Wildman–Crippen LogP) is 4.46. The van der Waals surface area contributed by atoms with E-state index in [9.17, 15) is 9.59 Å². The molecule has 6 heteroatoms. The van der Waals surface area contributed by atoms with Crippen molar-refractivity contribution < 1.29 is 4.79 Å². The number of benzene rings is 3. The molecule has 0 aliphatic heterocycles. The smallest absolute Gasteiger partial charge is 0.262 e. The number of hydrogen-bond acceptors (Lipinski definition) is 3. The summed E-state index contributed by atoms with van der Waals surface area (Å²) in [7, 11) is 0. The van der Waals surface area contributed by atoms with Crippen LogP contribution in [0.5, 0.6) is 0 Å². The third-order valence-electron chi connectivity index (χ3n) is 4.32. The van der Waals surface area contributed by atoms with Gasteiger partial charge in [-0.3, -0.25) is 14.2 Å². The first-order valence-corrected chi connectivity index (χ1v) is 9.51. The van der Waals surface area contributed by atoms with E-state index >= 15 is 0 Å². The zero-order valence-electron chi connectivity index (χ0n) is 14.8. The number of nitrogens with one attached hydrogen (secondary N) is 1. The summed E-state index contributed by atoms with van der Waals surface area (Å²) in [4.78, 5) is 30.4. The SMILES string of the molecule is O=C(Cn1c(-c2ccccc2)nc2ccccc2c1=O)Nc1ccc(Br)cc1. The maximum absolute atomic E-state index is 13.1. The number of halogens is 1. The molecule has 28 heavy (non-hydrogen) atoms. The van der Waals surface area contributed by atoms with Crippen LogP contribution in [0.3, 0.4) is 0 Å². The largest absolute Gasteiger partial charge is 0.325 e. The maximum Gasteiger partial charge on any atom is 0.262 e. The predicted molar refractivity (Wildman–Crippen MR) is 114 cm³/mol. The highest BCUT2D eigenvalue weighted by Crippen LogP contribution is 2.19. The topological polar surface area (TPSA) is 64.0 Å². The van der Waals surface area contributed by atoms with Gasteiger partial charge in [0.25, 0.3) is 5.56 Å². The molecule has 0 unspecified atom stereocenters. The molecule has 3 aromatic carbocycles. The number of rotatable bonds is 4. The van der Waals surface area contributed by atoms with Crippen LogP contribution in [0.15, 0.2) is 88.1 Å². The van der Waals surface area contributed by atoms with E-state index in [4.69, 9.17) is 0 Å². The molecule has 1 heterocycles. The van der Waals surface area contributed by atoms with Crippen molar-refractivity contribution in [3.63, 3.8) is 0 Å². The number of hydrogen-bond donors (Lipinski definition) is 1. The van der Waals surface area contributed by atoms with Gasteiger partial charge in [-0.15, -0.1) is 0 Å². The zero-order valence-corrected chi connectivity index (χ0v) is 16.4. The molecule has 0 fully saturated rings. The van der Waals surface area contributed by atoms with E-state index < -0.39 is 0 Å². The summed E-state index contributed by atoms with van der Waals surface area (Å²) in [6, 6.07) is 23.8. The van der Waals surface area contributed by atoms with Crippen LogP contribution in [0.25, 0.3) is 22.3 Å². The number of carbonyl (C=O) groups is 1. The Balaban J connectivity index is 1.76. The van der Waals surface area contributed by atoms with Gasteiger partial charge >= 0.3 is 0 Å². The number of aromatic nitrogens is 2. The third kappa shape index (κ3) is 3.73. The molecule has 1 aromatic heterocycles. The number of fused-ring (bicyclic) bond motifs is 1. The molecule has 0 aliphatic rings. The zero-order chi connectivity index (χ0) is 19.5. The summed E-state index contributed by atoms with van der Waals surface area (Å²) in [5.74, 6) is 0.175. The van der Waals surface area contributed by atoms with Crippen LogP contribution in [-0.2, 0) is 11.3 Å². The highest BCUT2D eigenvalue weighted by atomic mass is 79.9. The van der Waals surface area contributed by atoms with E-state index in [1.165, 1.54) is 4.57 Å². The fraction of sp³-hybridized carbons (Fsp3) is 0.0455. The molecule has 0 spiro atoms. The van der Waals surface area contributed by atoms with Crippen LogP contribution in [0.1, 0.15) is 0 Å². The van der Waals surface area contributed by atoms with Crippen LogP contribution in [0, 0.1) is 0 Å². The van der Waals surface area contributed by atoms with Gasteiger partial charge in [-0.25, -0.2) is 4.98 Å². The van der Waals surface area contributed by atoms with E-state index in [-0.39, 0.29) is 18.0 Å². The van der Waals surface area contributed by atoms with Gasteiger partial charge < -0.3 is 5.32 Å². The molecule has 0 saturated heterocycles. The Kier molecular flexibility index (Phi) is 5.04. The lowest BCUT2D eigenvalue weighted by atomic mass is 10.2. The van der Waals surface area contributed by atoms with Crippen LogP contribution >= 0.6 is 15.9 Å². The first-order chi connectivity index (χ1) is 13.6. The molecule has 0 bridgehead atoms. The fourth-order valence-electron chi connectivity index (χ4n) is 3.00. The Bertz CT molecular complexity index is 1200.